The van der Waals surface area contributed by atoms with E-state index in [2.05, 4.69) is 15.8 Å². The molecule has 1 aliphatic carbocycles. The van der Waals surface area contributed by atoms with Gasteiger partial charge < -0.3 is 5.32 Å². The second kappa shape index (κ2) is 8.92. The Kier molecular flexibility index (Phi) is 5.89. The second-order valence-corrected chi connectivity index (χ2v) is 7.55. The number of nitrogens with one attached hydrogen (secondary N) is 2. The average molecular weight is 415 g/mol. The van der Waals surface area contributed by atoms with Crippen LogP contribution in [0.25, 0.3) is 0 Å². The third kappa shape index (κ3) is 4.86. The molecule has 31 heavy (non-hydrogen) atoms. The highest BCUT2D eigenvalue weighted by atomic mass is 19.1. The van der Waals surface area contributed by atoms with E-state index in [4.69, 9.17) is 0 Å². The number of hydrogen-bond acceptors (Lipinski definition) is 3. The number of amides is 2. The van der Waals surface area contributed by atoms with Crippen molar-refractivity contribution in [3.05, 3.63) is 101 Å². The van der Waals surface area contributed by atoms with E-state index < -0.39 is 11.7 Å². The Hall–Kier alpha value is -3.80. The number of benzene rings is 3. The van der Waals surface area contributed by atoms with Gasteiger partial charge in [-0.05, 0) is 54.7 Å². The number of hydrogen-bond donors (Lipinski definition) is 2. The van der Waals surface area contributed by atoms with E-state index in [0.29, 0.717) is 11.4 Å². The van der Waals surface area contributed by atoms with E-state index in [1.807, 2.05) is 36.4 Å². The molecular formula is C25H22FN3O2. The highest BCUT2D eigenvalue weighted by Crippen LogP contribution is 2.47. The molecule has 0 spiro atoms. The van der Waals surface area contributed by atoms with E-state index in [-0.39, 0.29) is 23.3 Å². The highest BCUT2D eigenvalue weighted by molar-refractivity contribution is 6.06. The first kappa shape index (κ1) is 20.5. The third-order valence-corrected chi connectivity index (χ3v) is 5.35. The quantitative estimate of drug-likeness (QED) is 0.452. The number of hydrazone groups is 1. The van der Waals surface area contributed by atoms with E-state index in [1.54, 1.807) is 31.2 Å². The summed E-state index contributed by atoms with van der Waals surface area (Å²) in [5.41, 5.74) is 5.65. The molecule has 1 fully saturated rings. The molecule has 0 saturated heterocycles. The van der Waals surface area contributed by atoms with Gasteiger partial charge in [-0.2, -0.15) is 5.10 Å². The van der Waals surface area contributed by atoms with Crippen LogP contribution in [0.1, 0.15) is 40.7 Å². The maximum Gasteiger partial charge on any atom is 0.258 e. The zero-order valence-electron chi connectivity index (χ0n) is 17.0. The van der Waals surface area contributed by atoms with E-state index in [9.17, 15) is 14.0 Å². The lowest BCUT2D eigenvalue weighted by Crippen LogP contribution is -2.21. The summed E-state index contributed by atoms with van der Waals surface area (Å²) in [7, 11) is 0. The minimum atomic E-state index is -0.578. The van der Waals surface area contributed by atoms with Crippen molar-refractivity contribution in [2.24, 2.45) is 11.0 Å². The Morgan fingerprint density at radius 3 is 2.48 bits per heavy atom. The summed E-state index contributed by atoms with van der Waals surface area (Å²) in [4.78, 5) is 24.7. The summed E-state index contributed by atoms with van der Waals surface area (Å²) in [6.45, 7) is 1.78. The lowest BCUT2D eigenvalue weighted by molar-refractivity contribution is -0.122. The van der Waals surface area contributed by atoms with Crippen molar-refractivity contribution in [2.45, 2.75) is 19.3 Å². The van der Waals surface area contributed by atoms with Crippen LogP contribution in [-0.2, 0) is 4.79 Å². The van der Waals surface area contributed by atoms with E-state index >= 15 is 0 Å². The molecule has 0 aliphatic heterocycles. The molecule has 3 aromatic rings. The molecule has 2 atom stereocenters. The van der Waals surface area contributed by atoms with Gasteiger partial charge in [0.15, 0.2) is 0 Å². The van der Waals surface area contributed by atoms with Crippen molar-refractivity contribution in [1.29, 1.82) is 0 Å². The third-order valence-electron chi connectivity index (χ3n) is 5.35. The Morgan fingerprint density at radius 1 is 0.968 bits per heavy atom. The fourth-order valence-electron chi connectivity index (χ4n) is 3.51. The average Bonchev–Trinajstić information content (AvgIpc) is 3.59. The van der Waals surface area contributed by atoms with Gasteiger partial charge in [-0.15, -0.1) is 0 Å². The van der Waals surface area contributed by atoms with Gasteiger partial charge in [0.1, 0.15) is 5.82 Å². The first-order chi connectivity index (χ1) is 15.0. The topological polar surface area (TPSA) is 70.6 Å². The van der Waals surface area contributed by atoms with Gasteiger partial charge in [0.2, 0.25) is 5.91 Å². The van der Waals surface area contributed by atoms with Crippen LogP contribution in [-0.4, -0.2) is 17.5 Å². The number of carbonyl (C=O) groups is 2. The number of anilines is 1. The van der Waals surface area contributed by atoms with Crippen LogP contribution in [0.5, 0.6) is 0 Å². The number of rotatable bonds is 6. The molecule has 2 N–H and O–H groups in total. The smallest absolute Gasteiger partial charge is 0.258 e. The minimum absolute atomic E-state index is 0.0250. The van der Waals surface area contributed by atoms with Gasteiger partial charge in [0, 0.05) is 11.6 Å². The maximum absolute atomic E-state index is 13.8. The molecule has 1 aliphatic rings. The Labute approximate surface area is 180 Å². The molecule has 4 rings (SSSR count). The van der Waals surface area contributed by atoms with Crippen LogP contribution < -0.4 is 10.7 Å². The highest BCUT2D eigenvalue weighted by Gasteiger charge is 2.43. The van der Waals surface area contributed by atoms with E-state index in [0.717, 1.165) is 12.0 Å². The van der Waals surface area contributed by atoms with Crippen LogP contribution >= 0.6 is 0 Å². The van der Waals surface area contributed by atoms with E-state index in [1.165, 1.54) is 23.8 Å². The van der Waals surface area contributed by atoms with Gasteiger partial charge >= 0.3 is 0 Å². The zero-order valence-corrected chi connectivity index (χ0v) is 17.0. The molecule has 0 radical (unpaired) electrons. The van der Waals surface area contributed by atoms with Crippen molar-refractivity contribution in [1.82, 2.24) is 5.43 Å². The fourth-order valence-corrected chi connectivity index (χ4v) is 3.51. The largest absolute Gasteiger partial charge is 0.322 e. The maximum atomic E-state index is 13.8. The molecule has 156 valence electrons. The van der Waals surface area contributed by atoms with Gasteiger partial charge in [-0.3, -0.25) is 9.59 Å². The molecular weight excluding hydrogens is 393 g/mol. The molecule has 6 heteroatoms. The Morgan fingerprint density at radius 2 is 1.71 bits per heavy atom. The summed E-state index contributed by atoms with van der Waals surface area (Å²) in [6, 6.07) is 22.8. The van der Waals surface area contributed by atoms with Crippen molar-refractivity contribution in [3.63, 3.8) is 0 Å². The van der Waals surface area contributed by atoms with Gasteiger partial charge in [-0.1, -0.05) is 54.6 Å². The lowest BCUT2D eigenvalue weighted by Gasteiger charge is -2.08. The van der Waals surface area contributed by atoms with Crippen LogP contribution in [0.15, 0.2) is 84.0 Å². The Bertz CT molecular complexity index is 1140. The molecule has 3 aromatic carbocycles. The SMILES string of the molecule is C/C(=N/NC(=O)[C@H]1C[C@H]1c1ccccc1)c1cccc(NC(=O)c2ccccc2F)c1. The Balaban J connectivity index is 1.38. The minimum Gasteiger partial charge on any atom is -0.322 e. The van der Waals surface area contributed by atoms with Gasteiger partial charge in [0.05, 0.1) is 11.3 Å². The molecule has 0 bridgehead atoms. The number of nitrogens with zero attached hydrogens (tertiary/aromatic N) is 1. The van der Waals surface area contributed by atoms with Crippen molar-refractivity contribution >= 4 is 23.2 Å². The molecule has 5 nitrogen and oxygen atoms in total. The predicted molar refractivity (Wildman–Crippen MR) is 118 cm³/mol. The standard InChI is InChI=1S/C25H22FN3O2/c1-16(28-29-25(31)22-15-21(22)17-8-3-2-4-9-17)18-10-7-11-19(14-18)27-24(30)20-12-5-6-13-23(20)26/h2-14,21-22H,15H2,1H3,(H,27,30)(H,29,31)/b28-16-/t21-,22-/m0/s1. The van der Waals surface area contributed by atoms with Crippen LogP contribution in [0.2, 0.25) is 0 Å². The fraction of sp³-hybridized carbons (Fsp3) is 0.160. The lowest BCUT2D eigenvalue weighted by atomic mass is 10.1. The molecule has 0 unspecified atom stereocenters. The van der Waals surface area contributed by atoms with Crippen LogP contribution in [0, 0.1) is 11.7 Å². The first-order valence-electron chi connectivity index (χ1n) is 10.1. The van der Waals surface area contributed by atoms with Crippen LogP contribution in [0.4, 0.5) is 10.1 Å². The molecule has 0 heterocycles. The van der Waals surface area contributed by atoms with Crippen molar-refractivity contribution < 1.29 is 14.0 Å². The van der Waals surface area contributed by atoms with Crippen molar-refractivity contribution in [2.75, 3.05) is 5.32 Å². The summed E-state index contributed by atoms with van der Waals surface area (Å²) in [5, 5.41) is 6.91. The summed E-state index contributed by atoms with van der Waals surface area (Å²) < 4.78 is 13.8. The summed E-state index contributed by atoms with van der Waals surface area (Å²) in [6.07, 6.45) is 0.821. The molecule has 0 aromatic heterocycles. The second-order valence-electron chi connectivity index (χ2n) is 7.55. The summed E-state index contributed by atoms with van der Waals surface area (Å²) >= 11 is 0. The van der Waals surface area contributed by atoms with Gasteiger partial charge in [0.25, 0.3) is 5.91 Å². The molecule has 1 saturated carbocycles. The zero-order chi connectivity index (χ0) is 21.8. The molecule has 2 amide bonds. The summed E-state index contributed by atoms with van der Waals surface area (Å²) in [5.74, 6) is -1.03. The van der Waals surface area contributed by atoms with Gasteiger partial charge in [-0.25, -0.2) is 9.82 Å². The number of carbonyl (C=O) groups excluding carboxylic acids is 2. The first-order valence-corrected chi connectivity index (χ1v) is 10.1. The van der Waals surface area contributed by atoms with Crippen LogP contribution in [0.3, 0.4) is 0 Å². The predicted octanol–water partition coefficient (Wildman–Crippen LogP) is 4.72. The normalized spacial score (nSPS) is 17.7. The van der Waals surface area contributed by atoms with Crippen molar-refractivity contribution in [3.8, 4) is 0 Å². The monoisotopic (exact) mass is 415 g/mol. The number of halogens is 1.